The second kappa shape index (κ2) is 6.33. The maximum absolute atomic E-state index is 5.60. The largest absolute Gasteiger partial charge is 0.478 e. The highest BCUT2D eigenvalue weighted by atomic mass is 16.5. The van der Waals surface area contributed by atoms with Gasteiger partial charge in [0.2, 0.25) is 5.88 Å². The van der Waals surface area contributed by atoms with E-state index in [-0.39, 0.29) is 0 Å². The molecule has 0 aliphatic carbocycles. The van der Waals surface area contributed by atoms with Crippen molar-refractivity contribution in [3.05, 3.63) is 18.2 Å². The van der Waals surface area contributed by atoms with Crippen LogP contribution >= 0.6 is 0 Å². The predicted octanol–water partition coefficient (Wildman–Crippen LogP) is 1.51. The molecule has 0 saturated carbocycles. The molecule has 0 amide bonds. The first-order valence-electron chi connectivity index (χ1n) is 5.68. The Labute approximate surface area is 97.4 Å². The monoisotopic (exact) mass is 223 g/mol. The lowest BCUT2D eigenvalue weighted by atomic mass is 10.2. The summed E-state index contributed by atoms with van der Waals surface area (Å²) in [7, 11) is 2.02. The zero-order valence-corrected chi connectivity index (χ0v) is 10.3. The Bertz CT molecular complexity index is 317. The summed E-state index contributed by atoms with van der Waals surface area (Å²) in [5.41, 5.74) is 5.60. The van der Waals surface area contributed by atoms with Gasteiger partial charge in [0.1, 0.15) is 5.82 Å². The lowest BCUT2D eigenvalue weighted by molar-refractivity contribution is 0.327. The van der Waals surface area contributed by atoms with Gasteiger partial charge in [-0.2, -0.15) is 4.98 Å². The van der Waals surface area contributed by atoms with E-state index in [1.54, 1.807) is 0 Å². The molecule has 1 rings (SSSR count). The zero-order chi connectivity index (χ0) is 12.0. The molecule has 4 heteroatoms. The molecule has 0 aliphatic heterocycles. The van der Waals surface area contributed by atoms with Gasteiger partial charge in [0.15, 0.2) is 0 Å². The van der Waals surface area contributed by atoms with E-state index < -0.39 is 0 Å². The molecule has 0 aliphatic rings. The number of hydrogen-bond acceptors (Lipinski definition) is 4. The normalized spacial score (nSPS) is 12.2. The van der Waals surface area contributed by atoms with Crippen LogP contribution < -0.4 is 15.4 Å². The summed E-state index contributed by atoms with van der Waals surface area (Å²) in [5.74, 6) is 2.06. The van der Waals surface area contributed by atoms with Crippen LogP contribution in [0.5, 0.6) is 5.88 Å². The Kier molecular flexibility index (Phi) is 5.05. The van der Waals surface area contributed by atoms with Crippen molar-refractivity contribution in [2.45, 2.75) is 13.8 Å². The Morgan fingerprint density at radius 2 is 2.25 bits per heavy atom. The van der Waals surface area contributed by atoms with Crippen molar-refractivity contribution >= 4 is 5.82 Å². The highest BCUT2D eigenvalue weighted by Gasteiger charge is 2.07. The molecular formula is C12H21N3O. The fraction of sp³-hybridized carbons (Fsp3) is 0.583. The molecule has 0 spiro atoms. The van der Waals surface area contributed by atoms with Crippen LogP contribution in [0.1, 0.15) is 13.8 Å². The van der Waals surface area contributed by atoms with Gasteiger partial charge < -0.3 is 15.4 Å². The second-order valence-electron chi connectivity index (χ2n) is 3.99. The van der Waals surface area contributed by atoms with Crippen molar-refractivity contribution in [3.8, 4) is 5.88 Å². The lowest BCUT2D eigenvalue weighted by Crippen LogP contribution is -2.28. The lowest BCUT2D eigenvalue weighted by Gasteiger charge is -2.21. The summed E-state index contributed by atoms with van der Waals surface area (Å²) >= 11 is 0. The van der Waals surface area contributed by atoms with E-state index in [2.05, 4.69) is 16.8 Å². The molecule has 0 fully saturated rings. The highest BCUT2D eigenvalue weighted by molar-refractivity contribution is 5.39. The first-order valence-corrected chi connectivity index (χ1v) is 5.68. The number of nitrogens with two attached hydrogens (primary N) is 1. The predicted molar refractivity (Wildman–Crippen MR) is 66.9 cm³/mol. The van der Waals surface area contributed by atoms with Gasteiger partial charge in [0.25, 0.3) is 0 Å². The standard InChI is InChI=1S/C12H21N3O/c1-4-16-12-7-5-6-11(14-12)15(3)9-10(2)8-13/h5-7,10H,4,8-9,13H2,1-3H3. The van der Waals surface area contributed by atoms with Crippen LogP contribution in [0, 0.1) is 5.92 Å². The van der Waals surface area contributed by atoms with Gasteiger partial charge in [0.05, 0.1) is 6.61 Å². The molecule has 0 aromatic carbocycles. The Balaban J connectivity index is 2.67. The van der Waals surface area contributed by atoms with Crippen molar-refractivity contribution in [3.63, 3.8) is 0 Å². The van der Waals surface area contributed by atoms with Crippen molar-refractivity contribution in [2.24, 2.45) is 11.7 Å². The van der Waals surface area contributed by atoms with Crippen LogP contribution in [-0.4, -0.2) is 31.7 Å². The SMILES string of the molecule is CCOc1cccc(N(C)CC(C)CN)n1. The van der Waals surface area contributed by atoms with Crippen molar-refractivity contribution in [1.29, 1.82) is 0 Å². The van der Waals surface area contributed by atoms with Gasteiger partial charge in [-0.3, -0.25) is 0 Å². The Hall–Kier alpha value is -1.29. The van der Waals surface area contributed by atoms with Gasteiger partial charge in [0, 0.05) is 19.7 Å². The van der Waals surface area contributed by atoms with Gasteiger partial charge in [-0.25, -0.2) is 0 Å². The Morgan fingerprint density at radius 1 is 1.50 bits per heavy atom. The smallest absolute Gasteiger partial charge is 0.215 e. The van der Waals surface area contributed by atoms with Crippen molar-refractivity contribution in [2.75, 3.05) is 31.6 Å². The zero-order valence-electron chi connectivity index (χ0n) is 10.3. The minimum absolute atomic E-state index is 0.461. The summed E-state index contributed by atoms with van der Waals surface area (Å²) in [6, 6.07) is 5.80. The van der Waals surface area contributed by atoms with Gasteiger partial charge in [-0.05, 0) is 25.5 Å². The second-order valence-corrected chi connectivity index (χ2v) is 3.99. The van der Waals surface area contributed by atoms with Crippen LogP contribution in [0.15, 0.2) is 18.2 Å². The first-order chi connectivity index (χ1) is 7.67. The molecule has 90 valence electrons. The third-order valence-electron chi connectivity index (χ3n) is 2.38. The summed E-state index contributed by atoms with van der Waals surface area (Å²) in [6.45, 7) is 6.31. The summed E-state index contributed by atoms with van der Waals surface area (Å²) < 4.78 is 5.37. The molecule has 0 radical (unpaired) electrons. The molecule has 0 saturated heterocycles. The van der Waals surface area contributed by atoms with E-state index in [4.69, 9.17) is 10.5 Å². The number of ether oxygens (including phenoxy) is 1. The summed E-state index contributed by atoms with van der Waals surface area (Å²) in [5, 5.41) is 0. The van der Waals surface area contributed by atoms with E-state index in [1.165, 1.54) is 0 Å². The quantitative estimate of drug-likeness (QED) is 0.794. The number of nitrogens with zero attached hydrogens (tertiary/aromatic N) is 2. The number of pyridine rings is 1. The minimum Gasteiger partial charge on any atom is -0.478 e. The molecule has 1 aromatic rings. The van der Waals surface area contributed by atoms with Crippen LogP contribution in [0.2, 0.25) is 0 Å². The van der Waals surface area contributed by atoms with Crippen LogP contribution in [0.25, 0.3) is 0 Å². The summed E-state index contributed by atoms with van der Waals surface area (Å²) in [6.07, 6.45) is 0. The molecule has 16 heavy (non-hydrogen) atoms. The van der Waals surface area contributed by atoms with Gasteiger partial charge in [-0.15, -0.1) is 0 Å². The first kappa shape index (κ1) is 12.8. The minimum atomic E-state index is 0.461. The van der Waals surface area contributed by atoms with E-state index in [9.17, 15) is 0 Å². The van der Waals surface area contributed by atoms with E-state index in [0.717, 1.165) is 12.4 Å². The number of hydrogen-bond donors (Lipinski definition) is 1. The fourth-order valence-corrected chi connectivity index (χ4v) is 1.48. The maximum Gasteiger partial charge on any atom is 0.215 e. The van der Waals surface area contributed by atoms with Gasteiger partial charge in [-0.1, -0.05) is 13.0 Å². The molecule has 1 unspecified atom stereocenters. The highest BCUT2D eigenvalue weighted by Crippen LogP contribution is 2.15. The fourth-order valence-electron chi connectivity index (χ4n) is 1.48. The average molecular weight is 223 g/mol. The van der Waals surface area contributed by atoms with E-state index >= 15 is 0 Å². The van der Waals surface area contributed by atoms with Crippen molar-refractivity contribution in [1.82, 2.24) is 4.98 Å². The number of aromatic nitrogens is 1. The third kappa shape index (κ3) is 3.70. The van der Waals surface area contributed by atoms with Crippen LogP contribution in [0.3, 0.4) is 0 Å². The van der Waals surface area contributed by atoms with E-state index in [0.29, 0.717) is 24.9 Å². The van der Waals surface area contributed by atoms with Crippen LogP contribution in [-0.2, 0) is 0 Å². The molecular weight excluding hydrogens is 202 g/mol. The van der Waals surface area contributed by atoms with Crippen LogP contribution in [0.4, 0.5) is 5.82 Å². The van der Waals surface area contributed by atoms with Crippen molar-refractivity contribution < 1.29 is 4.74 Å². The maximum atomic E-state index is 5.60. The van der Waals surface area contributed by atoms with Gasteiger partial charge >= 0.3 is 0 Å². The topological polar surface area (TPSA) is 51.4 Å². The molecule has 2 N–H and O–H groups in total. The molecule has 1 atom stereocenters. The molecule has 1 heterocycles. The Morgan fingerprint density at radius 3 is 2.88 bits per heavy atom. The molecule has 4 nitrogen and oxygen atoms in total. The third-order valence-corrected chi connectivity index (χ3v) is 2.38. The van der Waals surface area contributed by atoms with E-state index in [1.807, 2.05) is 32.2 Å². The molecule has 0 bridgehead atoms. The number of anilines is 1. The molecule has 1 aromatic heterocycles. The number of rotatable bonds is 6. The average Bonchev–Trinajstić information content (AvgIpc) is 2.29. The summed E-state index contributed by atoms with van der Waals surface area (Å²) in [4.78, 5) is 6.51.